The first-order valence-electron chi connectivity index (χ1n) is 5.53. The summed E-state index contributed by atoms with van der Waals surface area (Å²) in [6, 6.07) is 1.38. The number of rotatable bonds is 5. The van der Waals surface area contributed by atoms with Crippen molar-refractivity contribution in [3.63, 3.8) is 0 Å². The molecule has 0 saturated heterocycles. The van der Waals surface area contributed by atoms with Gasteiger partial charge in [0.05, 0.1) is 4.90 Å². The number of halogens is 3. The van der Waals surface area contributed by atoms with Crippen molar-refractivity contribution in [3.05, 3.63) is 16.3 Å². The van der Waals surface area contributed by atoms with E-state index in [1.54, 1.807) is 11.8 Å². The summed E-state index contributed by atoms with van der Waals surface area (Å²) in [7, 11) is -2.42. The van der Waals surface area contributed by atoms with Crippen LogP contribution in [0, 0.1) is 0 Å². The molecule has 0 bridgehead atoms. The lowest BCUT2D eigenvalue weighted by Crippen LogP contribution is -2.47. The van der Waals surface area contributed by atoms with E-state index >= 15 is 0 Å². The molecule has 1 fully saturated rings. The number of alkyl halides is 3. The van der Waals surface area contributed by atoms with E-state index in [-0.39, 0.29) is 17.7 Å². The summed E-state index contributed by atoms with van der Waals surface area (Å²) in [6.07, 6.45) is -4.96. The number of hydrogen-bond acceptors (Lipinski definition) is 4. The van der Waals surface area contributed by atoms with E-state index in [0.29, 0.717) is 6.54 Å². The summed E-state index contributed by atoms with van der Waals surface area (Å²) in [5.74, 6) is 0. The van der Waals surface area contributed by atoms with E-state index < -0.39 is 21.7 Å². The van der Waals surface area contributed by atoms with Gasteiger partial charge >= 0.3 is 6.18 Å². The zero-order valence-electron chi connectivity index (χ0n) is 10.0. The number of nitrogens with one attached hydrogen (secondary N) is 2. The highest BCUT2D eigenvalue weighted by Gasteiger charge is 2.65. The molecular formula is C10H13F3N2O2S2. The highest BCUT2D eigenvalue weighted by molar-refractivity contribution is 7.89. The van der Waals surface area contributed by atoms with Crippen molar-refractivity contribution >= 4 is 21.4 Å². The molecule has 1 aliphatic carbocycles. The van der Waals surface area contributed by atoms with Crippen LogP contribution in [0.25, 0.3) is 0 Å². The number of sulfonamides is 1. The van der Waals surface area contributed by atoms with Gasteiger partial charge in [0.25, 0.3) is 0 Å². The summed E-state index contributed by atoms with van der Waals surface area (Å²) in [5, 5.41) is 4.20. The highest BCUT2D eigenvalue weighted by Crippen LogP contribution is 2.49. The lowest BCUT2D eigenvalue weighted by Gasteiger charge is -2.20. The lowest BCUT2D eigenvalue weighted by atomic mass is 10.3. The Morgan fingerprint density at radius 3 is 2.53 bits per heavy atom. The van der Waals surface area contributed by atoms with Crippen molar-refractivity contribution in [1.82, 2.24) is 10.0 Å². The average Bonchev–Trinajstić information content (AvgIpc) is 2.89. The second-order valence-corrected chi connectivity index (χ2v) is 7.14. The minimum absolute atomic E-state index is 0.113. The molecule has 0 unspecified atom stereocenters. The predicted octanol–water partition coefficient (Wildman–Crippen LogP) is 1.84. The van der Waals surface area contributed by atoms with Crippen molar-refractivity contribution in [2.45, 2.75) is 36.0 Å². The van der Waals surface area contributed by atoms with Crippen LogP contribution >= 0.6 is 11.3 Å². The first-order chi connectivity index (χ1) is 8.70. The lowest BCUT2D eigenvalue weighted by molar-refractivity contribution is -0.160. The fourth-order valence-corrected chi connectivity index (χ4v) is 4.39. The van der Waals surface area contributed by atoms with E-state index in [0.717, 1.165) is 4.88 Å². The largest absolute Gasteiger partial charge is 0.407 e. The molecule has 0 amide bonds. The predicted molar refractivity (Wildman–Crippen MR) is 65.4 cm³/mol. The first-order valence-corrected chi connectivity index (χ1v) is 7.89. The summed E-state index contributed by atoms with van der Waals surface area (Å²) < 4.78 is 63.8. The Morgan fingerprint density at radius 1 is 1.42 bits per heavy atom. The van der Waals surface area contributed by atoms with Gasteiger partial charge in [0.15, 0.2) is 0 Å². The molecular weight excluding hydrogens is 301 g/mol. The summed E-state index contributed by atoms with van der Waals surface area (Å²) in [6.45, 7) is 0.477. The number of thiophene rings is 1. The zero-order chi connectivity index (χ0) is 14.3. The molecule has 1 heterocycles. The van der Waals surface area contributed by atoms with Crippen LogP contribution in [0.3, 0.4) is 0 Å². The van der Waals surface area contributed by atoms with Gasteiger partial charge in [-0.25, -0.2) is 8.42 Å². The van der Waals surface area contributed by atoms with Crippen LogP contribution in [0.5, 0.6) is 0 Å². The van der Waals surface area contributed by atoms with Crippen molar-refractivity contribution in [1.29, 1.82) is 0 Å². The molecule has 0 atom stereocenters. The van der Waals surface area contributed by atoms with E-state index in [4.69, 9.17) is 0 Å². The summed E-state index contributed by atoms with van der Waals surface area (Å²) >= 11 is 1.19. The van der Waals surface area contributed by atoms with Crippen molar-refractivity contribution < 1.29 is 21.6 Å². The molecule has 0 radical (unpaired) electrons. The standard InChI is InChI=1S/C10H13F3N2O2S2/c1-14-5-7-4-8(6-18-7)19(16,17)15-9(2-3-9)10(11,12)13/h4,6,14-15H,2-3,5H2,1H3. The highest BCUT2D eigenvalue weighted by atomic mass is 32.2. The fraction of sp³-hybridized carbons (Fsp3) is 0.600. The molecule has 4 nitrogen and oxygen atoms in total. The van der Waals surface area contributed by atoms with E-state index in [1.807, 2.05) is 0 Å². The normalized spacial score (nSPS) is 18.5. The SMILES string of the molecule is CNCc1cc(S(=O)(=O)NC2(C(F)(F)F)CC2)cs1. The minimum atomic E-state index is -4.55. The molecule has 0 spiro atoms. The Morgan fingerprint density at radius 2 is 2.05 bits per heavy atom. The zero-order valence-corrected chi connectivity index (χ0v) is 11.7. The second kappa shape index (κ2) is 4.72. The van der Waals surface area contributed by atoms with Crippen LogP contribution in [0.2, 0.25) is 0 Å². The third-order valence-corrected chi connectivity index (χ3v) is 5.52. The topological polar surface area (TPSA) is 58.2 Å². The second-order valence-electron chi connectivity index (χ2n) is 4.46. The molecule has 0 aliphatic heterocycles. The minimum Gasteiger partial charge on any atom is -0.315 e. The van der Waals surface area contributed by atoms with Crippen LogP contribution < -0.4 is 10.0 Å². The fourth-order valence-electron chi connectivity index (χ4n) is 1.65. The monoisotopic (exact) mass is 314 g/mol. The molecule has 2 rings (SSSR count). The first kappa shape index (κ1) is 14.8. The molecule has 1 aromatic rings. The van der Waals surface area contributed by atoms with Crippen LogP contribution in [0.1, 0.15) is 17.7 Å². The van der Waals surface area contributed by atoms with Gasteiger partial charge in [-0.3, -0.25) is 0 Å². The molecule has 1 aromatic heterocycles. The van der Waals surface area contributed by atoms with Crippen molar-refractivity contribution in [2.75, 3.05) is 7.05 Å². The van der Waals surface area contributed by atoms with Gasteiger partial charge in [0.1, 0.15) is 5.54 Å². The maximum atomic E-state index is 12.7. The summed E-state index contributed by atoms with van der Waals surface area (Å²) in [4.78, 5) is 0.637. The van der Waals surface area contributed by atoms with Crippen LogP contribution in [-0.4, -0.2) is 27.2 Å². The maximum Gasteiger partial charge on any atom is 0.407 e. The smallest absolute Gasteiger partial charge is 0.315 e. The third-order valence-electron chi connectivity index (χ3n) is 2.91. The van der Waals surface area contributed by atoms with E-state index in [9.17, 15) is 21.6 Å². The molecule has 2 N–H and O–H groups in total. The summed E-state index contributed by atoms with van der Waals surface area (Å²) in [5.41, 5.74) is -2.27. The van der Waals surface area contributed by atoms with Gasteiger partial charge in [-0.2, -0.15) is 17.9 Å². The van der Waals surface area contributed by atoms with Gasteiger partial charge in [0, 0.05) is 16.8 Å². The molecule has 0 aromatic carbocycles. The Kier molecular flexibility index (Phi) is 3.67. The molecule has 1 aliphatic rings. The maximum absolute atomic E-state index is 12.7. The Labute approximate surface area is 113 Å². The number of hydrogen-bond donors (Lipinski definition) is 2. The van der Waals surface area contributed by atoms with Gasteiger partial charge in [-0.1, -0.05) is 0 Å². The Bertz CT molecular complexity index is 562. The molecule has 19 heavy (non-hydrogen) atoms. The molecule has 9 heteroatoms. The average molecular weight is 314 g/mol. The Hall–Kier alpha value is -0.640. The van der Waals surface area contributed by atoms with Gasteiger partial charge in [-0.15, -0.1) is 11.3 Å². The molecule has 1 saturated carbocycles. The van der Waals surface area contributed by atoms with Crippen molar-refractivity contribution in [2.24, 2.45) is 0 Å². The molecule has 108 valence electrons. The van der Waals surface area contributed by atoms with Crippen LogP contribution in [-0.2, 0) is 16.6 Å². The Balaban J connectivity index is 2.19. The van der Waals surface area contributed by atoms with E-state index in [2.05, 4.69) is 5.32 Å². The van der Waals surface area contributed by atoms with Gasteiger partial charge in [0.2, 0.25) is 10.0 Å². The quantitative estimate of drug-likeness (QED) is 0.872. The van der Waals surface area contributed by atoms with E-state index in [1.165, 1.54) is 22.8 Å². The van der Waals surface area contributed by atoms with Crippen molar-refractivity contribution in [3.8, 4) is 0 Å². The van der Waals surface area contributed by atoms with Crippen LogP contribution in [0.15, 0.2) is 16.3 Å². The van der Waals surface area contributed by atoms with Crippen LogP contribution in [0.4, 0.5) is 13.2 Å². The van der Waals surface area contributed by atoms with Gasteiger partial charge in [-0.05, 0) is 26.0 Å². The van der Waals surface area contributed by atoms with Gasteiger partial charge < -0.3 is 5.32 Å². The third kappa shape index (κ3) is 2.93.